The number of nitrogens with zero attached hydrogens (tertiary/aromatic N) is 4. The van der Waals surface area contributed by atoms with Gasteiger partial charge in [0.2, 0.25) is 0 Å². The molecule has 2 rings (SSSR count). The fraction of sp³-hybridized carbons (Fsp3) is 0.643. The number of hydrogen-bond acceptors (Lipinski definition) is 5. The van der Waals surface area contributed by atoms with Crippen molar-refractivity contribution in [1.82, 2.24) is 20.0 Å². The molecule has 0 aliphatic carbocycles. The van der Waals surface area contributed by atoms with Crippen molar-refractivity contribution in [2.75, 3.05) is 39.0 Å². The van der Waals surface area contributed by atoms with E-state index in [1.54, 1.807) is 26.2 Å². The Morgan fingerprint density at radius 1 is 1.35 bits per heavy atom. The van der Waals surface area contributed by atoms with Crippen LogP contribution in [0.5, 0.6) is 0 Å². The first-order valence-corrected chi connectivity index (χ1v) is 7.11. The number of rotatable bonds is 5. The average Bonchev–Trinajstić information content (AvgIpc) is 2.98. The zero-order valence-electron chi connectivity index (χ0n) is 12.5. The van der Waals surface area contributed by atoms with Crippen LogP contribution in [0.25, 0.3) is 0 Å². The Morgan fingerprint density at radius 3 is 2.60 bits per heavy atom. The summed E-state index contributed by atoms with van der Waals surface area (Å²) in [4.78, 5) is 15.7. The van der Waals surface area contributed by atoms with Gasteiger partial charge in [0, 0.05) is 26.7 Å². The average molecular weight is 277 g/mol. The highest BCUT2D eigenvalue weighted by molar-refractivity contribution is 5.91. The molecule has 0 aromatic carbocycles. The number of hydrogen-bond donors (Lipinski definition) is 1. The highest BCUT2D eigenvalue weighted by Gasteiger charge is 2.17. The van der Waals surface area contributed by atoms with Crippen molar-refractivity contribution in [2.24, 2.45) is 0 Å². The number of amides is 1. The van der Waals surface area contributed by atoms with Gasteiger partial charge in [-0.15, -0.1) is 10.2 Å². The molecule has 0 bridgehead atoms. The van der Waals surface area contributed by atoms with Crippen molar-refractivity contribution < 1.29 is 4.79 Å². The van der Waals surface area contributed by atoms with Crippen LogP contribution in [-0.4, -0.2) is 65.7 Å². The fourth-order valence-electron chi connectivity index (χ4n) is 2.33. The topological polar surface area (TPSA) is 61.4 Å². The van der Waals surface area contributed by atoms with Gasteiger partial charge in [-0.25, -0.2) is 0 Å². The molecular formula is C14H23N5O. The lowest BCUT2D eigenvalue weighted by Crippen LogP contribution is -2.35. The quantitative estimate of drug-likeness (QED) is 0.872. The van der Waals surface area contributed by atoms with Gasteiger partial charge in [0.1, 0.15) is 5.82 Å². The summed E-state index contributed by atoms with van der Waals surface area (Å²) >= 11 is 0. The molecule has 1 fully saturated rings. The number of aromatic nitrogens is 2. The SMILES string of the molecule is CC(CNc1ccc(C(=O)N(C)C)nn1)N1CCCC1. The monoisotopic (exact) mass is 277 g/mol. The van der Waals surface area contributed by atoms with E-state index in [9.17, 15) is 4.79 Å². The summed E-state index contributed by atoms with van der Waals surface area (Å²) in [6.45, 7) is 5.43. The van der Waals surface area contributed by atoms with Crippen molar-refractivity contribution in [1.29, 1.82) is 0 Å². The maximum Gasteiger partial charge on any atom is 0.273 e. The maximum atomic E-state index is 11.7. The molecule has 6 nitrogen and oxygen atoms in total. The van der Waals surface area contributed by atoms with E-state index in [4.69, 9.17) is 0 Å². The second-order valence-electron chi connectivity index (χ2n) is 5.48. The lowest BCUT2D eigenvalue weighted by atomic mass is 10.3. The Hall–Kier alpha value is -1.69. The van der Waals surface area contributed by atoms with Crippen LogP contribution >= 0.6 is 0 Å². The van der Waals surface area contributed by atoms with Crippen LogP contribution in [-0.2, 0) is 0 Å². The van der Waals surface area contributed by atoms with Crippen LogP contribution in [0.15, 0.2) is 12.1 Å². The van der Waals surface area contributed by atoms with Crippen LogP contribution in [0.3, 0.4) is 0 Å². The summed E-state index contributed by atoms with van der Waals surface area (Å²) in [5.41, 5.74) is 0.369. The number of likely N-dealkylation sites (tertiary alicyclic amines) is 1. The van der Waals surface area contributed by atoms with E-state index < -0.39 is 0 Å². The van der Waals surface area contributed by atoms with Crippen molar-refractivity contribution in [3.8, 4) is 0 Å². The Morgan fingerprint density at radius 2 is 2.05 bits per heavy atom. The molecule has 6 heteroatoms. The van der Waals surface area contributed by atoms with Crippen molar-refractivity contribution >= 4 is 11.7 Å². The first-order valence-electron chi connectivity index (χ1n) is 7.11. The first kappa shape index (κ1) is 14.7. The lowest BCUT2D eigenvalue weighted by Gasteiger charge is -2.23. The second kappa shape index (κ2) is 6.65. The van der Waals surface area contributed by atoms with Gasteiger partial charge in [-0.2, -0.15) is 0 Å². The number of nitrogens with one attached hydrogen (secondary N) is 1. The fourth-order valence-corrected chi connectivity index (χ4v) is 2.33. The van der Waals surface area contributed by atoms with E-state index in [-0.39, 0.29) is 5.91 Å². The zero-order valence-corrected chi connectivity index (χ0v) is 12.5. The van der Waals surface area contributed by atoms with E-state index in [2.05, 4.69) is 27.3 Å². The van der Waals surface area contributed by atoms with Gasteiger partial charge in [-0.05, 0) is 45.0 Å². The molecule has 1 aromatic heterocycles. The van der Waals surface area contributed by atoms with E-state index in [0.29, 0.717) is 17.6 Å². The molecule has 1 N–H and O–H groups in total. The predicted octanol–water partition coefficient (Wildman–Crippen LogP) is 1.07. The number of carbonyl (C=O) groups excluding carboxylic acids is 1. The zero-order chi connectivity index (χ0) is 14.5. The highest BCUT2D eigenvalue weighted by atomic mass is 16.2. The second-order valence-corrected chi connectivity index (χ2v) is 5.48. The highest BCUT2D eigenvalue weighted by Crippen LogP contribution is 2.12. The molecule has 1 unspecified atom stereocenters. The molecule has 20 heavy (non-hydrogen) atoms. The molecule has 0 radical (unpaired) electrons. The maximum absolute atomic E-state index is 11.7. The van der Waals surface area contributed by atoms with Crippen molar-refractivity contribution in [3.05, 3.63) is 17.8 Å². The minimum atomic E-state index is -0.130. The number of anilines is 1. The molecule has 110 valence electrons. The lowest BCUT2D eigenvalue weighted by molar-refractivity contribution is 0.0821. The predicted molar refractivity (Wildman–Crippen MR) is 78.8 cm³/mol. The smallest absolute Gasteiger partial charge is 0.273 e. The molecule has 1 amide bonds. The van der Waals surface area contributed by atoms with E-state index >= 15 is 0 Å². The third-order valence-electron chi connectivity index (χ3n) is 3.63. The Balaban J connectivity index is 1.85. The van der Waals surface area contributed by atoms with Gasteiger partial charge in [-0.1, -0.05) is 0 Å². The third kappa shape index (κ3) is 3.66. The Bertz CT molecular complexity index is 439. The van der Waals surface area contributed by atoms with E-state index in [1.165, 1.54) is 30.8 Å². The summed E-state index contributed by atoms with van der Waals surface area (Å²) in [5.74, 6) is 0.584. The molecule has 1 aliphatic heterocycles. The van der Waals surface area contributed by atoms with Gasteiger partial charge >= 0.3 is 0 Å². The third-order valence-corrected chi connectivity index (χ3v) is 3.63. The molecule has 1 atom stereocenters. The van der Waals surface area contributed by atoms with Crippen LogP contribution in [0.4, 0.5) is 5.82 Å². The molecule has 1 saturated heterocycles. The minimum Gasteiger partial charge on any atom is -0.367 e. The van der Waals surface area contributed by atoms with Crippen LogP contribution < -0.4 is 5.32 Å². The summed E-state index contributed by atoms with van der Waals surface area (Å²) in [5, 5.41) is 11.3. The Kier molecular flexibility index (Phi) is 4.89. The van der Waals surface area contributed by atoms with Gasteiger partial charge in [0.05, 0.1) is 0 Å². The van der Waals surface area contributed by atoms with Gasteiger partial charge in [0.25, 0.3) is 5.91 Å². The molecule has 1 aromatic rings. The van der Waals surface area contributed by atoms with Gasteiger partial charge in [-0.3, -0.25) is 9.69 Å². The standard InChI is InChI=1S/C14H23N5O/c1-11(19-8-4-5-9-19)10-15-13-7-6-12(16-17-13)14(20)18(2)3/h6-7,11H,4-5,8-10H2,1-3H3,(H,15,17). The molecule has 2 heterocycles. The van der Waals surface area contributed by atoms with E-state index in [0.717, 1.165) is 6.54 Å². The normalized spacial score (nSPS) is 16.9. The minimum absolute atomic E-state index is 0.130. The number of carbonyl (C=O) groups is 1. The van der Waals surface area contributed by atoms with Gasteiger partial charge < -0.3 is 10.2 Å². The van der Waals surface area contributed by atoms with Crippen LogP contribution in [0.2, 0.25) is 0 Å². The van der Waals surface area contributed by atoms with Crippen molar-refractivity contribution in [3.63, 3.8) is 0 Å². The molecule has 0 spiro atoms. The Labute approximate surface area is 120 Å². The summed E-state index contributed by atoms with van der Waals surface area (Å²) in [7, 11) is 3.40. The van der Waals surface area contributed by atoms with Crippen LogP contribution in [0.1, 0.15) is 30.3 Å². The molecular weight excluding hydrogens is 254 g/mol. The van der Waals surface area contributed by atoms with Gasteiger partial charge in [0.15, 0.2) is 5.69 Å². The molecule has 1 aliphatic rings. The van der Waals surface area contributed by atoms with Crippen molar-refractivity contribution in [2.45, 2.75) is 25.8 Å². The molecule has 0 saturated carbocycles. The summed E-state index contributed by atoms with van der Waals surface area (Å²) in [6.07, 6.45) is 2.59. The van der Waals surface area contributed by atoms with Crippen LogP contribution in [0, 0.1) is 0 Å². The first-order chi connectivity index (χ1) is 9.58. The largest absolute Gasteiger partial charge is 0.367 e. The van der Waals surface area contributed by atoms with E-state index in [1.807, 2.05) is 0 Å². The summed E-state index contributed by atoms with van der Waals surface area (Å²) < 4.78 is 0. The summed E-state index contributed by atoms with van der Waals surface area (Å²) in [6, 6.07) is 4.00.